The third kappa shape index (κ3) is 3.26. The van der Waals surface area contributed by atoms with Crippen molar-refractivity contribution in [3.8, 4) is 0 Å². The van der Waals surface area contributed by atoms with Crippen molar-refractivity contribution in [3.05, 3.63) is 12.2 Å². The number of ether oxygens (including phenoxy) is 2. The number of rotatable bonds is 3. The highest BCUT2D eigenvalue weighted by molar-refractivity contribution is 5.08. The fraction of sp³-hybridized carbons (Fsp3) is 0.833. The van der Waals surface area contributed by atoms with E-state index in [1.165, 1.54) is 12.2 Å². The lowest BCUT2D eigenvalue weighted by molar-refractivity contribution is -0.315. The molecule has 1 saturated heterocycles. The highest BCUT2D eigenvalue weighted by Gasteiger charge is 2.46. The number of aliphatic hydroxyl groups is 7. The van der Waals surface area contributed by atoms with Crippen LogP contribution in [0.2, 0.25) is 0 Å². The summed E-state index contributed by atoms with van der Waals surface area (Å²) in [6, 6.07) is 0. The molecule has 1 heterocycles. The first-order chi connectivity index (χ1) is 9.86. The fourth-order valence-corrected chi connectivity index (χ4v) is 2.31. The van der Waals surface area contributed by atoms with E-state index >= 15 is 0 Å². The molecule has 0 aromatic heterocycles. The molecule has 0 aromatic rings. The van der Waals surface area contributed by atoms with Crippen LogP contribution in [0.15, 0.2) is 12.2 Å². The van der Waals surface area contributed by atoms with Crippen LogP contribution >= 0.6 is 0 Å². The van der Waals surface area contributed by atoms with Gasteiger partial charge in [0.2, 0.25) is 0 Å². The van der Waals surface area contributed by atoms with Crippen molar-refractivity contribution in [3.63, 3.8) is 0 Å². The highest BCUT2D eigenvalue weighted by Crippen LogP contribution is 2.25. The molecule has 9 heteroatoms. The number of hydrogen-bond acceptors (Lipinski definition) is 9. The summed E-state index contributed by atoms with van der Waals surface area (Å²) in [5.41, 5.74) is 0. The molecule has 7 N–H and O–H groups in total. The maximum atomic E-state index is 9.80. The molecule has 2 aliphatic rings. The zero-order chi connectivity index (χ0) is 15.7. The van der Waals surface area contributed by atoms with Gasteiger partial charge >= 0.3 is 0 Å². The molecule has 122 valence electrons. The second-order valence-corrected chi connectivity index (χ2v) is 5.15. The first-order valence-electron chi connectivity index (χ1n) is 6.55. The smallest absolute Gasteiger partial charge is 0.187 e. The Balaban J connectivity index is 2.06. The van der Waals surface area contributed by atoms with E-state index in [1.807, 2.05) is 0 Å². The summed E-state index contributed by atoms with van der Waals surface area (Å²) in [6.07, 6.45) is -10.0. The van der Waals surface area contributed by atoms with E-state index in [1.54, 1.807) is 0 Å². The van der Waals surface area contributed by atoms with Crippen LogP contribution in [0.3, 0.4) is 0 Å². The number of hydrogen-bond donors (Lipinski definition) is 7. The molecule has 0 bridgehead atoms. The van der Waals surface area contributed by atoms with Crippen molar-refractivity contribution >= 4 is 0 Å². The SMILES string of the molecule is OCC1OC(OC2C=CC(O)C(O)C2O)C(O)C(O)C1O. The number of aliphatic hydroxyl groups excluding tert-OH is 7. The second kappa shape index (κ2) is 6.65. The van der Waals surface area contributed by atoms with E-state index < -0.39 is 61.7 Å². The summed E-state index contributed by atoms with van der Waals surface area (Å²) in [6.45, 7) is -0.602. The van der Waals surface area contributed by atoms with Crippen LogP contribution in [-0.2, 0) is 9.47 Å². The lowest BCUT2D eigenvalue weighted by atomic mass is 9.95. The van der Waals surface area contributed by atoms with Crippen LogP contribution in [0.25, 0.3) is 0 Å². The van der Waals surface area contributed by atoms with E-state index in [0.717, 1.165) is 0 Å². The van der Waals surface area contributed by atoms with E-state index in [-0.39, 0.29) is 0 Å². The minimum absolute atomic E-state index is 0.602. The molecule has 1 aliphatic carbocycles. The molecule has 0 radical (unpaired) electrons. The standard InChI is InChI=1S/C12H20O9/c13-3-6-9(17)10(18)11(19)12(21-6)20-5-2-1-4(14)7(15)8(5)16/h1-2,4-19H,3H2. The van der Waals surface area contributed by atoms with E-state index in [4.69, 9.17) is 14.6 Å². The summed E-state index contributed by atoms with van der Waals surface area (Å²) >= 11 is 0. The van der Waals surface area contributed by atoms with Crippen LogP contribution in [0.5, 0.6) is 0 Å². The fourth-order valence-electron chi connectivity index (χ4n) is 2.31. The zero-order valence-electron chi connectivity index (χ0n) is 11.0. The Morgan fingerprint density at radius 3 is 2.10 bits per heavy atom. The van der Waals surface area contributed by atoms with Crippen molar-refractivity contribution < 1.29 is 45.2 Å². The quantitative estimate of drug-likeness (QED) is 0.257. The van der Waals surface area contributed by atoms with Crippen molar-refractivity contribution in [1.82, 2.24) is 0 Å². The summed E-state index contributed by atoms with van der Waals surface area (Å²) < 4.78 is 10.4. The average molecular weight is 308 g/mol. The van der Waals surface area contributed by atoms with Crippen molar-refractivity contribution in [2.75, 3.05) is 6.61 Å². The van der Waals surface area contributed by atoms with Crippen LogP contribution in [0, 0.1) is 0 Å². The first-order valence-corrected chi connectivity index (χ1v) is 6.55. The zero-order valence-corrected chi connectivity index (χ0v) is 11.0. The van der Waals surface area contributed by atoms with E-state index in [2.05, 4.69) is 0 Å². The molecule has 9 unspecified atom stereocenters. The Kier molecular flexibility index (Phi) is 5.30. The molecular weight excluding hydrogens is 288 g/mol. The molecular formula is C12H20O9. The maximum Gasteiger partial charge on any atom is 0.187 e. The molecule has 9 atom stereocenters. The van der Waals surface area contributed by atoms with Gasteiger partial charge in [-0.1, -0.05) is 12.2 Å². The molecule has 21 heavy (non-hydrogen) atoms. The second-order valence-electron chi connectivity index (χ2n) is 5.15. The Morgan fingerprint density at radius 1 is 0.810 bits per heavy atom. The van der Waals surface area contributed by atoms with Gasteiger partial charge in [0.1, 0.15) is 48.8 Å². The molecule has 2 rings (SSSR count). The van der Waals surface area contributed by atoms with Gasteiger partial charge in [-0.25, -0.2) is 0 Å². The van der Waals surface area contributed by atoms with Gasteiger partial charge in [0.05, 0.1) is 6.61 Å². The summed E-state index contributed by atoms with van der Waals surface area (Å²) in [5, 5.41) is 66.7. The van der Waals surface area contributed by atoms with Crippen LogP contribution in [0.4, 0.5) is 0 Å². The highest BCUT2D eigenvalue weighted by atomic mass is 16.7. The Bertz CT molecular complexity index is 374. The lowest BCUT2D eigenvalue weighted by Gasteiger charge is -2.42. The van der Waals surface area contributed by atoms with Crippen LogP contribution < -0.4 is 0 Å². The molecule has 1 aliphatic heterocycles. The van der Waals surface area contributed by atoms with Crippen molar-refractivity contribution in [2.45, 2.75) is 55.1 Å². The Hall–Kier alpha value is -0.620. The largest absolute Gasteiger partial charge is 0.394 e. The Labute approximate surface area is 120 Å². The van der Waals surface area contributed by atoms with E-state index in [9.17, 15) is 30.6 Å². The van der Waals surface area contributed by atoms with Gasteiger partial charge in [0.15, 0.2) is 6.29 Å². The van der Waals surface area contributed by atoms with Gasteiger partial charge in [0, 0.05) is 0 Å². The van der Waals surface area contributed by atoms with Crippen molar-refractivity contribution in [2.24, 2.45) is 0 Å². The summed E-state index contributed by atoms with van der Waals surface area (Å²) in [4.78, 5) is 0. The topological polar surface area (TPSA) is 160 Å². The van der Waals surface area contributed by atoms with Gasteiger partial charge in [-0.2, -0.15) is 0 Å². The van der Waals surface area contributed by atoms with Gasteiger partial charge in [-0.05, 0) is 0 Å². The first kappa shape index (κ1) is 16.7. The predicted octanol–water partition coefficient (Wildman–Crippen LogP) is -4.18. The molecule has 0 amide bonds. The van der Waals surface area contributed by atoms with Crippen LogP contribution in [-0.4, -0.2) is 97.5 Å². The third-order valence-corrected chi connectivity index (χ3v) is 3.67. The minimum Gasteiger partial charge on any atom is -0.394 e. The molecule has 0 aromatic carbocycles. The molecule has 0 spiro atoms. The molecule has 1 fully saturated rings. The van der Waals surface area contributed by atoms with Gasteiger partial charge in [-0.15, -0.1) is 0 Å². The van der Waals surface area contributed by atoms with Gasteiger partial charge < -0.3 is 45.2 Å². The monoisotopic (exact) mass is 308 g/mol. The third-order valence-electron chi connectivity index (χ3n) is 3.67. The van der Waals surface area contributed by atoms with Crippen molar-refractivity contribution in [1.29, 1.82) is 0 Å². The van der Waals surface area contributed by atoms with E-state index in [0.29, 0.717) is 0 Å². The van der Waals surface area contributed by atoms with Gasteiger partial charge in [-0.3, -0.25) is 0 Å². The minimum atomic E-state index is -1.60. The maximum absolute atomic E-state index is 9.80. The Morgan fingerprint density at radius 2 is 1.48 bits per heavy atom. The van der Waals surface area contributed by atoms with Crippen LogP contribution in [0.1, 0.15) is 0 Å². The molecule has 0 saturated carbocycles. The normalized spacial score (nSPS) is 51.1. The summed E-state index contributed by atoms with van der Waals surface area (Å²) in [7, 11) is 0. The lowest BCUT2D eigenvalue weighted by Crippen LogP contribution is -2.60. The summed E-state index contributed by atoms with van der Waals surface area (Å²) in [5.74, 6) is 0. The predicted molar refractivity (Wildman–Crippen MR) is 65.8 cm³/mol. The van der Waals surface area contributed by atoms with Gasteiger partial charge in [0.25, 0.3) is 0 Å². The average Bonchev–Trinajstić information content (AvgIpc) is 2.48. The molecule has 9 nitrogen and oxygen atoms in total.